The molecule has 23 heavy (non-hydrogen) atoms. The molecule has 1 aliphatic heterocycles. The number of amides is 1. The fourth-order valence-corrected chi connectivity index (χ4v) is 3.77. The molecule has 2 rings (SSSR count). The maximum absolute atomic E-state index is 14.0. The molecule has 1 aliphatic rings. The van der Waals surface area contributed by atoms with Crippen LogP contribution in [0.5, 0.6) is 0 Å². The number of nitrogen functional groups attached to an aromatic ring is 1. The number of anilines is 1. The minimum Gasteiger partial charge on any atom is -0.435 e. The third-order valence-corrected chi connectivity index (χ3v) is 5.05. The summed E-state index contributed by atoms with van der Waals surface area (Å²) < 4.78 is 14.0. The van der Waals surface area contributed by atoms with E-state index in [4.69, 9.17) is 5.73 Å². The number of piperazine rings is 1. The molecule has 1 amide bonds. The fraction of sp³-hybridized carbons (Fsp3) is 0.588. The Hall–Kier alpha value is -1.66. The molecule has 0 bridgehead atoms. The molecule has 1 saturated heterocycles. The monoisotopic (exact) mass is 324 g/mol. The van der Waals surface area contributed by atoms with Crippen LogP contribution in [0.3, 0.4) is 0 Å². The molecule has 5 nitrogen and oxygen atoms in total. The van der Waals surface area contributed by atoms with Crippen LogP contribution in [0.15, 0.2) is 18.2 Å². The van der Waals surface area contributed by atoms with E-state index in [1.54, 1.807) is 12.1 Å². The summed E-state index contributed by atoms with van der Waals surface area (Å²) in [5.41, 5.74) is 6.20. The van der Waals surface area contributed by atoms with Gasteiger partial charge >= 0.3 is 6.09 Å². The summed E-state index contributed by atoms with van der Waals surface area (Å²) in [6.45, 7) is 10.1. The Morgan fingerprint density at radius 2 is 2.13 bits per heavy atom. The van der Waals surface area contributed by atoms with E-state index in [1.165, 1.54) is 6.07 Å². The first-order valence-corrected chi connectivity index (χ1v) is 7.95. The zero-order valence-corrected chi connectivity index (χ0v) is 14.3. The van der Waals surface area contributed by atoms with Crippen LogP contribution in [0.25, 0.3) is 0 Å². The fourth-order valence-electron chi connectivity index (χ4n) is 3.77. The summed E-state index contributed by atoms with van der Waals surface area (Å²) in [7, 11) is 0. The molecule has 0 spiro atoms. The molecule has 1 aromatic carbocycles. The Labute approximate surface area is 137 Å². The van der Waals surface area contributed by atoms with E-state index in [2.05, 4.69) is 4.90 Å². The number of halogens is 1. The summed E-state index contributed by atoms with van der Waals surface area (Å²) in [5.74, 6) is -0.307. The first-order valence-electron chi connectivity index (χ1n) is 7.95. The quantitative estimate of drug-likeness (QED) is 0.648. The molecule has 1 unspecified atom stereocenters. The third-order valence-electron chi connectivity index (χ3n) is 5.05. The van der Waals surface area contributed by atoms with Gasteiger partial charge in [-0.1, -0.05) is 6.07 Å². The van der Waals surface area contributed by atoms with Crippen LogP contribution < -0.4 is 5.73 Å². The normalized spacial score (nSPS) is 26.2. The Balaban J connectivity index is 2.16. The second kappa shape index (κ2) is 6.09. The van der Waals surface area contributed by atoms with E-state index in [0.29, 0.717) is 37.4 Å². The summed E-state index contributed by atoms with van der Waals surface area (Å²) in [5, 5.41) is 9.83. The Morgan fingerprint density at radius 1 is 1.48 bits per heavy atom. The average molecular weight is 324 g/mol. The zero-order valence-electron chi connectivity index (χ0n) is 14.3. The summed E-state index contributed by atoms with van der Waals surface area (Å²) in [6.07, 6.45) is -0.789. The van der Waals surface area contributed by atoms with Gasteiger partial charge in [0.25, 0.3) is 0 Å². The molecule has 1 heterocycles. The van der Waals surface area contributed by atoms with Crippen molar-refractivity contribution >= 4 is 11.8 Å². The largest absolute Gasteiger partial charge is 0.514 e. The number of nitrogens with two attached hydrogens (primary N) is 1. The van der Waals surface area contributed by atoms with Gasteiger partial charge in [0.15, 0.2) is 0 Å². The highest BCUT2D eigenvalue weighted by Crippen LogP contribution is 2.32. The van der Waals surface area contributed by atoms with E-state index < -0.39 is 6.09 Å². The second-order valence-electron chi connectivity index (χ2n) is 7.48. The lowest BCUT2D eigenvalue weighted by Crippen LogP contribution is -2.73. The molecule has 0 aliphatic carbocycles. The molecule has 0 saturated carbocycles. The molecule has 2 atom stereocenters. The van der Waals surface area contributed by atoms with Crippen molar-refractivity contribution in [2.75, 3.05) is 25.4 Å². The molecule has 0 aromatic heterocycles. The van der Waals surface area contributed by atoms with Crippen molar-refractivity contribution in [2.45, 2.75) is 45.8 Å². The van der Waals surface area contributed by atoms with Crippen LogP contribution in [0, 0.1) is 5.82 Å². The molecule has 6 heteroatoms. The van der Waals surface area contributed by atoms with E-state index in [1.807, 2.05) is 27.7 Å². The topological polar surface area (TPSA) is 66.6 Å². The van der Waals surface area contributed by atoms with E-state index >= 15 is 0 Å². The van der Waals surface area contributed by atoms with Crippen LogP contribution in [0.2, 0.25) is 0 Å². The number of hydrogen-bond acceptors (Lipinski definition) is 3. The number of benzene rings is 1. The van der Waals surface area contributed by atoms with Crippen LogP contribution in [-0.4, -0.2) is 51.8 Å². The van der Waals surface area contributed by atoms with E-state index in [0.717, 1.165) is 0 Å². The lowest BCUT2D eigenvalue weighted by molar-refractivity contribution is -0.929. The number of hydrogen-bond donors (Lipinski definition) is 2. The van der Waals surface area contributed by atoms with Gasteiger partial charge in [-0.3, -0.25) is 4.90 Å². The molecule has 128 valence electrons. The molecular formula is C17H27FN3O2+. The van der Waals surface area contributed by atoms with Gasteiger partial charge in [0.2, 0.25) is 0 Å². The van der Waals surface area contributed by atoms with Crippen molar-refractivity contribution in [3.8, 4) is 0 Å². The van der Waals surface area contributed by atoms with Gasteiger partial charge in [-0.15, -0.1) is 0 Å². The standard InChI is InChI=1S/C17H26FN3O2/c1-12-10-20(11-13-5-6-14(19)9-15(13)18)7-8-21(12,16(22)23)17(2,3)4/h5-6,9,12H,7-8,10-11,19H2,1-4H3/p+1/t12-,21?/m0/s1. The number of rotatable bonds is 2. The maximum Gasteiger partial charge on any atom is 0.514 e. The van der Waals surface area contributed by atoms with Crippen LogP contribution >= 0.6 is 0 Å². The van der Waals surface area contributed by atoms with Crippen molar-refractivity contribution in [2.24, 2.45) is 0 Å². The summed E-state index contributed by atoms with van der Waals surface area (Å²) in [6, 6.07) is 4.65. The summed E-state index contributed by atoms with van der Waals surface area (Å²) in [4.78, 5) is 14.1. The molecule has 1 fully saturated rings. The van der Waals surface area contributed by atoms with Crippen molar-refractivity contribution in [3.63, 3.8) is 0 Å². The third kappa shape index (κ3) is 3.19. The van der Waals surface area contributed by atoms with Crippen molar-refractivity contribution < 1.29 is 18.8 Å². The van der Waals surface area contributed by atoms with Gasteiger partial charge in [0, 0.05) is 24.3 Å². The molecule has 0 radical (unpaired) electrons. The first kappa shape index (κ1) is 17.7. The van der Waals surface area contributed by atoms with Gasteiger partial charge in [0.05, 0.1) is 6.54 Å². The van der Waals surface area contributed by atoms with Crippen LogP contribution in [0.1, 0.15) is 33.3 Å². The number of quaternary nitrogens is 1. The maximum atomic E-state index is 14.0. The lowest BCUT2D eigenvalue weighted by Gasteiger charge is -2.52. The van der Waals surface area contributed by atoms with E-state index in [9.17, 15) is 14.3 Å². The SMILES string of the molecule is C[C@H]1CN(Cc2ccc(N)cc2F)CC[N+]1(C(=O)O)C(C)(C)C. The Bertz CT molecular complexity index is 600. The molecule has 3 N–H and O–H groups in total. The van der Waals surface area contributed by atoms with Gasteiger partial charge in [-0.05, 0) is 39.8 Å². The zero-order chi connectivity index (χ0) is 17.4. The number of nitrogens with zero attached hydrogens (tertiary/aromatic N) is 2. The highest BCUT2D eigenvalue weighted by atomic mass is 19.1. The summed E-state index contributed by atoms with van der Waals surface area (Å²) >= 11 is 0. The van der Waals surface area contributed by atoms with E-state index in [-0.39, 0.29) is 21.9 Å². The lowest BCUT2D eigenvalue weighted by atomic mass is 9.95. The van der Waals surface area contributed by atoms with Gasteiger partial charge < -0.3 is 10.8 Å². The Kier molecular flexibility index (Phi) is 4.69. The van der Waals surface area contributed by atoms with Gasteiger partial charge in [-0.25, -0.2) is 8.87 Å². The highest BCUT2D eigenvalue weighted by Gasteiger charge is 2.54. The highest BCUT2D eigenvalue weighted by molar-refractivity contribution is 5.58. The van der Waals surface area contributed by atoms with Gasteiger partial charge in [-0.2, -0.15) is 4.79 Å². The first-order chi connectivity index (χ1) is 10.6. The predicted octanol–water partition coefficient (Wildman–Crippen LogP) is 2.91. The minimum atomic E-state index is -0.789. The van der Waals surface area contributed by atoms with Crippen LogP contribution in [0.4, 0.5) is 14.9 Å². The van der Waals surface area contributed by atoms with Gasteiger partial charge in [0.1, 0.15) is 23.9 Å². The Morgan fingerprint density at radius 3 is 2.61 bits per heavy atom. The van der Waals surface area contributed by atoms with Crippen LogP contribution in [-0.2, 0) is 6.54 Å². The van der Waals surface area contributed by atoms with Crippen molar-refractivity contribution in [3.05, 3.63) is 29.6 Å². The predicted molar refractivity (Wildman–Crippen MR) is 88.5 cm³/mol. The second-order valence-corrected chi connectivity index (χ2v) is 7.48. The molecule has 1 aromatic rings. The number of carboxylic acid groups (broad SMARTS) is 1. The van der Waals surface area contributed by atoms with Crippen molar-refractivity contribution in [1.29, 1.82) is 0 Å². The molecular weight excluding hydrogens is 297 g/mol. The van der Waals surface area contributed by atoms with Crippen molar-refractivity contribution in [1.82, 2.24) is 4.90 Å². The minimum absolute atomic E-state index is 0.0354. The smallest absolute Gasteiger partial charge is 0.435 e. The number of carbonyl (C=O) groups is 1. The average Bonchev–Trinajstić information content (AvgIpc) is 2.40.